The number of thioether (sulfide) groups is 1. The second-order valence-corrected chi connectivity index (χ2v) is 5.57. The molecule has 0 radical (unpaired) electrons. The normalized spacial score (nSPS) is 11.0. The molecule has 2 aromatic rings. The minimum Gasteiger partial charge on any atom is -0.467 e. The lowest BCUT2D eigenvalue weighted by Gasteiger charge is -2.10. The van der Waals surface area contributed by atoms with Crippen molar-refractivity contribution in [2.45, 2.75) is 31.5 Å². The first-order valence-corrected chi connectivity index (χ1v) is 7.39. The third-order valence-electron chi connectivity index (χ3n) is 2.77. The van der Waals surface area contributed by atoms with E-state index in [4.69, 9.17) is 4.42 Å². The van der Waals surface area contributed by atoms with Crippen molar-refractivity contribution in [3.63, 3.8) is 0 Å². The Morgan fingerprint density at radius 1 is 1.50 bits per heavy atom. The van der Waals surface area contributed by atoms with Gasteiger partial charge < -0.3 is 9.73 Å². The van der Waals surface area contributed by atoms with Gasteiger partial charge in [-0.3, -0.25) is 9.36 Å². The Balaban J connectivity index is 2.20. The molecule has 0 fully saturated rings. The molecule has 0 atom stereocenters. The Kier molecular flexibility index (Phi) is 4.84. The molecule has 1 N–H and O–H groups in total. The van der Waals surface area contributed by atoms with Gasteiger partial charge in [0, 0.05) is 13.0 Å². The topological polar surface area (TPSA) is 73.0 Å². The van der Waals surface area contributed by atoms with Gasteiger partial charge in [-0.05, 0) is 12.1 Å². The number of rotatable bonds is 6. The second kappa shape index (κ2) is 6.60. The summed E-state index contributed by atoms with van der Waals surface area (Å²) in [4.78, 5) is 11.3. The lowest BCUT2D eigenvalue weighted by atomic mass is 10.2. The summed E-state index contributed by atoms with van der Waals surface area (Å²) in [5, 5.41) is 11.7. The Bertz CT molecular complexity index is 563. The maximum Gasteiger partial charge on any atom is 0.230 e. The monoisotopic (exact) mass is 294 g/mol. The van der Waals surface area contributed by atoms with Gasteiger partial charge in [-0.1, -0.05) is 25.6 Å². The SMILES string of the molecule is CNC(=O)CSc1nnc(C(C)C)n1Cc1ccco1. The van der Waals surface area contributed by atoms with Gasteiger partial charge in [-0.15, -0.1) is 10.2 Å². The van der Waals surface area contributed by atoms with Gasteiger partial charge in [0.2, 0.25) is 5.91 Å². The van der Waals surface area contributed by atoms with Gasteiger partial charge in [0.15, 0.2) is 5.16 Å². The number of amides is 1. The van der Waals surface area contributed by atoms with Crippen LogP contribution in [0.4, 0.5) is 0 Å². The molecule has 0 spiro atoms. The van der Waals surface area contributed by atoms with Crippen LogP contribution in [0.3, 0.4) is 0 Å². The molecule has 1 amide bonds. The van der Waals surface area contributed by atoms with Gasteiger partial charge in [-0.25, -0.2) is 0 Å². The van der Waals surface area contributed by atoms with E-state index in [1.165, 1.54) is 11.8 Å². The minimum absolute atomic E-state index is 0.0337. The molecule has 0 aliphatic carbocycles. The van der Waals surface area contributed by atoms with E-state index in [0.29, 0.717) is 12.3 Å². The molecule has 108 valence electrons. The lowest BCUT2D eigenvalue weighted by molar-refractivity contribution is -0.118. The second-order valence-electron chi connectivity index (χ2n) is 4.62. The molecule has 0 bridgehead atoms. The zero-order valence-electron chi connectivity index (χ0n) is 11.8. The first kappa shape index (κ1) is 14.6. The quantitative estimate of drug-likeness (QED) is 0.824. The van der Waals surface area contributed by atoms with Crippen molar-refractivity contribution < 1.29 is 9.21 Å². The Morgan fingerprint density at radius 3 is 2.90 bits per heavy atom. The van der Waals surface area contributed by atoms with Crippen LogP contribution in [0.1, 0.15) is 31.4 Å². The van der Waals surface area contributed by atoms with Gasteiger partial charge in [0.25, 0.3) is 0 Å². The average Bonchev–Trinajstić information content (AvgIpc) is 3.06. The van der Waals surface area contributed by atoms with Gasteiger partial charge in [0.05, 0.1) is 18.6 Å². The third kappa shape index (κ3) is 3.41. The van der Waals surface area contributed by atoms with Crippen molar-refractivity contribution in [3.05, 3.63) is 30.0 Å². The van der Waals surface area contributed by atoms with Crippen molar-refractivity contribution in [2.24, 2.45) is 0 Å². The number of furan rings is 1. The van der Waals surface area contributed by atoms with Crippen LogP contribution >= 0.6 is 11.8 Å². The largest absolute Gasteiger partial charge is 0.467 e. The number of aromatic nitrogens is 3. The van der Waals surface area contributed by atoms with Crippen LogP contribution in [0.25, 0.3) is 0 Å². The molecule has 0 saturated carbocycles. The zero-order chi connectivity index (χ0) is 14.5. The number of hydrogen-bond acceptors (Lipinski definition) is 5. The molecule has 20 heavy (non-hydrogen) atoms. The number of nitrogens with one attached hydrogen (secondary N) is 1. The fraction of sp³-hybridized carbons (Fsp3) is 0.462. The molecular weight excluding hydrogens is 276 g/mol. The molecule has 2 rings (SSSR count). The molecule has 0 unspecified atom stereocenters. The van der Waals surface area contributed by atoms with E-state index >= 15 is 0 Å². The summed E-state index contributed by atoms with van der Waals surface area (Å²) in [6.45, 7) is 4.70. The van der Waals surface area contributed by atoms with Crippen LogP contribution in [0.15, 0.2) is 28.0 Å². The molecule has 7 heteroatoms. The van der Waals surface area contributed by atoms with Crippen LogP contribution in [0.5, 0.6) is 0 Å². The first-order valence-electron chi connectivity index (χ1n) is 6.40. The Morgan fingerprint density at radius 2 is 2.30 bits per heavy atom. The van der Waals surface area contributed by atoms with Gasteiger partial charge >= 0.3 is 0 Å². The van der Waals surface area contributed by atoms with Crippen LogP contribution in [0.2, 0.25) is 0 Å². The summed E-state index contributed by atoms with van der Waals surface area (Å²) in [5.74, 6) is 2.28. The van der Waals surface area contributed by atoms with Crippen LogP contribution in [0, 0.1) is 0 Å². The van der Waals surface area contributed by atoms with E-state index in [-0.39, 0.29) is 11.8 Å². The predicted octanol–water partition coefficient (Wildman–Crippen LogP) is 1.88. The Labute approximate surface area is 121 Å². The minimum atomic E-state index is -0.0337. The van der Waals surface area contributed by atoms with E-state index < -0.39 is 0 Å². The summed E-state index contributed by atoms with van der Waals surface area (Å²) in [7, 11) is 1.62. The fourth-order valence-electron chi connectivity index (χ4n) is 1.74. The van der Waals surface area contributed by atoms with Crippen LogP contribution < -0.4 is 5.32 Å². The summed E-state index contributed by atoms with van der Waals surface area (Å²) >= 11 is 1.38. The van der Waals surface area contributed by atoms with Crippen molar-refractivity contribution in [1.82, 2.24) is 20.1 Å². The first-order chi connectivity index (χ1) is 9.61. The maximum absolute atomic E-state index is 11.3. The van der Waals surface area contributed by atoms with E-state index in [1.807, 2.05) is 16.7 Å². The number of hydrogen-bond donors (Lipinski definition) is 1. The van der Waals surface area contributed by atoms with Crippen molar-refractivity contribution in [1.29, 1.82) is 0 Å². The van der Waals surface area contributed by atoms with Crippen LogP contribution in [-0.2, 0) is 11.3 Å². The molecule has 2 aromatic heterocycles. The molecule has 2 heterocycles. The van der Waals surface area contributed by atoms with Crippen LogP contribution in [-0.4, -0.2) is 33.5 Å². The van der Waals surface area contributed by atoms with Crippen molar-refractivity contribution in [3.8, 4) is 0 Å². The zero-order valence-corrected chi connectivity index (χ0v) is 12.6. The number of carbonyl (C=O) groups excluding carboxylic acids is 1. The molecule has 6 nitrogen and oxygen atoms in total. The van der Waals surface area contributed by atoms with Gasteiger partial charge in [0.1, 0.15) is 11.6 Å². The van der Waals surface area contributed by atoms with Crippen molar-refractivity contribution in [2.75, 3.05) is 12.8 Å². The highest BCUT2D eigenvalue weighted by atomic mass is 32.2. The highest BCUT2D eigenvalue weighted by Gasteiger charge is 2.17. The lowest BCUT2D eigenvalue weighted by Crippen LogP contribution is -2.20. The summed E-state index contributed by atoms with van der Waals surface area (Å²) in [6, 6.07) is 3.77. The summed E-state index contributed by atoms with van der Waals surface area (Å²) < 4.78 is 7.38. The molecular formula is C13H18N4O2S. The number of carbonyl (C=O) groups is 1. The van der Waals surface area contributed by atoms with Gasteiger partial charge in [-0.2, -0.15) is 0 Å². The highest BCUT2D eigenvalue weighted by molar-refractivity contribution is 7.99. The standard InChI is InChI=1S/C13H18N4O2S/c1-9(2)12-15-16-13(20-8-11(18)14-3)17(12)7-10-5-4-6-19-10/h4-6,9H,7-8H2,1-3H3,(H,14,18). The summed E-state index contributed by atoms with van der Waals surface area (Å²) in [5.41, 5.74) is 0. The smallest absolute Gasteiger partial charge is 0.230 e. The predicted molar refractivity (Wildman–Crippen MR) is 76.7 cm³/mol. The van der Waals surface area contributed by atoms with E-state index in [9.17, 15) is 4.79 Å². The summed E-state index contributed by atoms with van der Waals surface area (Å²) in [6.07, 6.45) is 1.64. The molecule has 0 aromatic carbocycles. The molecule has 0 aliphatic rings. The van der Waals surface area contributed by atoms with Crippen molar-refractivity contribution >= 4 is 17.7 Å². The van der Waals surface area contributed by atoms with E-state index in [1.54, 1.807) is 13.3 Å². The molecule has 0 saturated heterocycles. The maximum atomic E-state index is 11.3. The number of nitrogens with zero attached hydrogens (tertiary/aromatic N) is 3. The van der Waals surface area contributed by atoms with E-state index in [2.05, 4.69) is 29.4 Å². The van der Waals surface area contributed by atoms with E-state index in [0.717, 1.165) is 16.7 Å². The molecule has 0 aliphatic heterocycles. The average molecular weight is 294 g/mol. The Hall–Kier alpha value is -1.76. The fourth-order valence-corrected chi connectivity index (χ4v) is 2.56. The highest BCUT2D eigenvalue weighted by Crippen LogP contribution is 2.22. The third-order valence-corrected chi connectivity index (χ3v) is 3.73.